The fraction of sp³-hybridized carbons (Fsp3) is 0.909. The third-order valence-electron chi connectivity index (χ3n) is 3.17. The maximum Gasteiger partial charge on any atom is 0.401 e. The van der Waals surface area contributed by atoms with Crippen LogP contribution in [0.1, 0.15) is 25.7 Å². The van der Waals surface area contributed by atoms with E-state index in [1.54, 1.807) is 11.8 Å². The Balaban J connectivity index is 2.20. The van der Waals surface area contributed by atoms with E-state index >= 15 is 0 Å². The lowest BCUT2D eigenvalue weighted by molar-refractivity contribution is -0.128. The summed E-state index contributed by atoms with van der Waals surface area (Å²) in [6.07, 6.45) is 2.17. The lowest BCUT2D eigenvalue weighted by Crippen LogP contribution is -2.43. The van der Waals surface area contributed by atoms with Crippen molar-refractivity contribution in [1.29, 1.82) is 0 Å². The highest BCUT2D eigenvalue weighted by atomic mass is 32.2. The molecule has 1 fully saturated rings. The Kier molecular flexibility index (Phi) is 5.78. The first-order chi connectivity index (χ1) is 8.37. The van der Waals surface area contributed by atoms with E-state index in [4.69, 9.17) is 0 Å². The summed E-state index contributed by atoms with van der Waals surface area (Å²) < 4.78 is 35.6. The average molecular weight is 284 g/mol. The second-order valence-corrected chi connectivity index (χ2v) is 5.86. The molecule has 106 valence electrons. The minimum absolute atomic E-state index is 0.0830. The van der Waals surface area contributed by atoms with Gasteiger partial charge in [0.2, 0.25) is 5.91 Å². The Morgan fingerprint density at radius 2 is 1.94 bits per heavy atom. The molecule has 0 heterocycles. The molecule has 0 saturated heterocycles. The highest BCUT2D eigenvalue weighted by Crippen LogP contribution is 2.39. The molecular weight excluding hydrogens is 265 g/mol. The smallest absolute Gasteiger partial charge is 0.354 e. The fourth-order valence-electron chi connectivity index (χ4n) is 2.11. The zero-order valence-corrected chi connectivity index (χ0v) is 11.2. The lowest BCUT2D eigenvalue weighted by atomic mass is 10.1. The number of halogens is 3. The number of rotatable bonds is 6. The van der Waals surface area contributed by atoms with E-state index in [-0.39, 0.29) is 17.2 Å². The van der Waals surface area contributed by atoms with E-state index in [2.05, 4.69) is 10.6 Å². The number of thioether (sulfide) groups is 1. The molecule has 0 unspecified atom stereocenters. The van der Waals surface area contributed by atoms with Gasteiger partial charge in [0.25, 0.3) is 0 Å². The van der Waals surface area contributed by atoms with Crippen LogP contribution in [0.15, 0.2) is 0 Å². The van der Waals surface area contributed by atoms with Crippen LogP contribution in [0.2, 0.25) is 0 Å². The van der Waals surface area contributed by atoms with E-state index in [0.29, 0.717) is 6.54 Å². The summed E-state index contributed by atoms with van der Waals surface area (Å²) >= 11 is 1.73. The molecule has 1 aliphatic carbocycles. The molecule has 0 bridgehead atoms. The van der Waals surface area contributed by atoms with Gasteiger partial charge in [0.05, 0.1) is 13.1 Å². The molecule has 2 N–H and O–H groups in total. The largest absolute Gasteiger partial charge is 0.401 e. The summed E-state index contributed by atoms with van der Waals surface area (Å²) in [5.74, 6) is -0.375. The fourth-order valence-corrected chi connectivity index (χ4v) is 3.03. The molecule has 0 aromatic rings. The zero-order valence-electron chi connectivity index (χ0n) is 10.4. The molecule has 0 aliphatic heterocycles. The molecule has 1 saturated carbocycles. The normalized spacial score (nSPS) is 18.9. The summed E-state index contributed by atoms with van der Waals surface area (Å²) in [7, 11) is 0. The number of amides is 1. The van der Waals surface area contributed by atoms with Crippen molar-refractivity contribution in [2.45, 2.75) is 36.6 Å². The minimum Gasteiger partial charge on any atom is -0.354 e. The SMILES string of the molecule is CSC1(CNC(=O)CNCC(F)(F)F)CCCC1. The monoisotopic (exact) mass is 284 g/mol. The highest BCUT2D eigenvalue weighted by Gasteiger charge is 2.33. The zero-order chi connectivity index (χ0) is 13.6. The Bertz CT molecular complexity index is 278. The van der Waals surface area contributed by atoms with E-state index in [9.17, 15) is 18.0 Å². The van der Waals surface area contributed by atoms with Gasteiger partial charge in [-0.1, -0.05) is 12.8 Å². The predicted octanol–water partition coefficient (Wildman–Crippen LogP) is 1.93. The standard InChI is InChI=1S/C11H19F3N2OS/c1-18-10(4-2-3-5-10)7-16-9(17)6-15-8-11(12,13)14/h15H,2-8H2,1H3,(H,16,17). The van der Waals surface area contributed by atoms with Gasteiger partial charge < -0.3 is 10.6 Å². The van der Waals surface area contributed by atoms with Gasteiger partial charge in [-0.25, -0.2) is 0 Å². The lowest BCUT2D eigenvalue weighted by Gasteiger charge is -2.26. The number of carbonyl (C=O) groups excluding carboxylic acids is 1. The molecule has 7 heteroatoms. The van der Waals surface area contributed by atoms with Crippen molar-refractivity contribution in [3.8, 4) is 0 Å². The molecule has 0 aromatic heterocycles. The van der Waals surface area contributed by atoms with Gasteiger partial charge in [0.1, 0.15) is 0 Å². The van der Waals surface area contributed by atoms with Crippen LogP contribution in [0.4, 0.5) is 13.2 Å². The van der Waals surface area contributed by atoms with E-state index in [0.717, 1.165) is 25.7 Å². The molecule has 0 atom stereocenters. The molecule has 0 radical (unpaired) electrons. The van der Waals surface area contributed by atoms with Crippen LogP contribution in [-0.2, 0) is 4.79 Å². The maximum atomic E-state index is 11.9. The summed E-state index contributed by atoms with van der Waals surface area (Å²) in [5.41, 5.74) is 0. The van der Waals surface area contributed by atoms with Gasteiger partial charge in [0.15, 0.2) is 0 Å². The van der Waals surface area contributed by atoms with Gasteiger partial charge in [-0.05, 0) is 19.1 Å². The number of carbonyl (C=O) groups is 1. The van der Waals surface area contributed by atoms with E-state index in [1.165, 1.54) is 0 Å². The first-order valence-electron chi connectivity index (χ1n) is 5.96. The molecule has 1 aliphatic rings. The van der Waals surface area contributed by atoms with Crippen LogP contribution in [0.25, 0.3) is 0 Å². The summed E-state index contributed by atoms with van der Waals surface area (Å²) in [4.78, 5) is 11.4. The Morgan fingerprint density at radius 3 is 2.44 bits per heavy atom. The third-order valence-corrected chi connectivity index (χ3v) is 4.59. The van der Waals surface area contributed by atoms with E-state index in [1.807, 2.05) is 6.26 Å². The Morgan fingerprint density at radius 1 is 1.33 bits per heavy atom. The van der Waals surface area contributed by atoms with Crippen molar-refractivity contribution in [2.75, 3.05) is 25.9 Å². The van der Waals surface area contributed by atoms with Crippen LogP contribution in [0, 0.1) is 0 Å². The van der Waals surface area contributed by atoms with Crippen LogP contribution in [0.3, 0.4) is 0 Å². The van der Waals surface area contributed by atoms with Crippen LogP contribution in [0.5, 0.6) is 0 Å². The minimum atomic E-state index is -4.27. The van der Waals surface area contributed by atoms with Crippen molar-refractivity contribution < 1.29 is 18.0 Å². The van der Waals surface area contributed by atoms with Gasteiger partial charge in [-0.2, -0.15) is 24.9 Å². The third kappa shape index (κ3) is 5.48. The molecule has 0 spiro atoms. The summed E-state index contributed by atoms with van der Waals surface area (Å²) in [5, 5.41) is 4.80. The van der Waals surface area contributed by atoms with Gasteiger partial charge in [-0.15, -0.1) is 0 Å². The molecule has 1 amide bonds. The molecular formula is C11H19F3N2OS. The van der Waals surface area contributed by atoms with Gasteiger partial charge in [-0.3, -0.25) is 4.79 Å². The summed E-state index contributed by atoms with van der Waals surface area (Å²) in [6.45, 7) is -0.876. The van der Waals surface area contributed by atoms with Crippen LogP contribution < -0.4 is 10.6 Å². The number of nitrogens with one attached hydrogen (secondary N) is 2. The number of alkyl halides is 3. The molecule has 3 nitrogen and oxygen atoms in total. The highest BCUT2D eigenvalue weighted by molar-refractivity contribution is 8.00. The molecule has 0 aromatic carbocycles. The topological polar surface area (TPSA) is 41.1 Å². The first-order valence-corrected chi connectivity index (χ1v) is 7.19. The second kappa shape index (κ2) is 6.65. The Hall–Kier alpha value is -0.430. The predicted molar refractivity (Wildman–Crippen MR) is 66.6 cm³/mol. The first kappa shape index (κ1) is 15.6. The van der Waals surface area contributed by atoms with Crippen LogP contribution in [-0.4, -0.2) is 42.7 Å². The van der Waals surface area contributed by atoms with Crippen molar-refractivity contribution in [2.24, 2.45) is 0 Å². The van der Waals surface area contributed by atoms with Crippen molar-refractivity contribution in [3.05, 3.63) is 0 Å². The number of hydrogen-bond acceptors (Lipinski definition) is 3. The maximum absolute atomic E-state index is 11.9. The quantitative estimate of drug-likeness (QED) is 0.783. The average Bonchev–Trinajstić information content (AvgIpc) is 2.74. The van der Waals surface area contributed by atoms with Gasteiger partial charge >= 0.3 is 6.18 Å². The van der Waals surface area contributed by atoms with Crippen molar-refractivity contribution in [1.82, 2.24) is 10.6 Å². The van der Waals surface area contributed by atoms with Gasteiger partial charge in [0, 0.05) is 11.3 Å². The molecule has 18 heavy (non-hydrogen) atoms. The second-order valence-electron chi connectivity index (χ2n) is 4.59. The summed E-state index contributed by atoms with van der Waals surface area (Å²) in [6, 6.07) is 0. The van der Waals surface area contributed by atoms with E-state index < -0.39 is 12.7 Å². The number of hydrogen-bond donors (Lipinski definition) is 2. The molecule has 1 rings (SSSR count). The Labute approximate surface area is 109 Å². The van der Waals surface area contributed by atoms with Crippen LogP contribution >= 0.6 is 11.8 Å². The van der Waals surface area contributed by atoms with Crippen molar-refractivity contribution in [3.63, 3.8) is 0 Å². The van der Waals surface area contributed by atoms with Crippen molar-refractivity contribution >= 4 is 17.7 Å².